The van der Waals surface area contributed by atoms with E-state index in [1.54, 1.807) is 25.3 Å². The van der Waals surface area contributed by atoms with Gasteiger partial charge < -0.3 is 10.4 Å². The molecule has 5 heteroatoms. The Hall–Kier alpha value is -1.65. The van der Waals surface area contributed by atoms with Crippen molar-refractivity contribution in [3.8, 4) is 0 Å². The first-order valence-corrected chi connectivity index (χ1v) is 5.53. The minimum absolute atomic E-state index is 0.108. The lowest BCUT2D eigenvalue weighted by Gasteiger charge is -2.09. The SMILES string of the molecule is Cc1ncc(CO)c(Nc2cccc(Cl)c2)n1. The average Bonchev–Trinajstić information content (AvgIpc) is 2.29. The van der Waals surface area contributed by atoms with Crippen LogP contribution in [0, 0.1) is 6.92 Å². The second kappa shape index (κ2) is 5.12. The summed E-state index contributed by atoms with van der Waals surface area (Å²) in [7, 11) is 0. The quantitative estimate of drug-likeness (QED) is 0.878. The smallest absolute Gasteiger partial charge is 0.139 e. The third kappa shape index (κ3) is 2.93. The molecule has 0 spiro atoms. The van der Waals surface area contributed by atoms with Gasteiger partial charge in [-0.2, -0.15) is 0 Å². The van der Waals surface area contributed by atoms with Gasteiger partial charge in [0.2, 0.25) is 0 Å². The van der Waals surface area contributed by atoms with E-state index in [4.69, 9.17) is 11.6 Å². The number of anilines is 2. The third-order valence-corrected chi connectivity index (χ3v) is 2.48. The molecule has 0 aliphatic heterocycles. The lowest BCUT2D eigenvalue weighted by atomic mass is 10.3. The normalized spacial score (nSPS) is 10.3. The van der Waals surface area contributed by atoms with Crippen molar-refractivity contribution >= 4 is 23.1 Å². The standard InChI is InChI=1S/C12H12ClN3O/c1-8-14-6-9(7-17)12(15-8)16-11-4-2-3-10(13)5-11/h2-6,17H,7H2,1H3,(H,14,15,16). The number of hydrogen-bond donors (Lipinski definition) is 2. The molecule has 1 aromatic carbocycles. The molecule has 4 nitrogen and oxygen atoms in total. The van der Waals surface area contributed by atoms with Crippen LogP contribution in [0.1, 0.15) is 11.4 Å². The van der Waals surface area contributed by atoms with Crippen molar-refractivity contribution in [2.75, 3.05) is 5.32 Å². The fourth-order valence-corrected chi connectivity index (χ4v) is 1.61. The van der Waals surface area contributed by atoms with Crippen LogP contribution in [0.15, 0.2) is 30.5 Å². The van der Waals surface area contributed by atoms with Crippen LogP contribution in [0.4, 0.5) is 11.5 Å². The first-order valence-electron chi connectivity index (χ1n) is 5.15. The van der Waals surface area contributed by atoms with Crippen LogP contribution in [-0.2, 0) is 6.61 Å². The van der Waals surface area contributed by atoms with E-state index in [9.17, 15) is 5.11 Å². The highest BCUT2D eigenvalue weighted by molar-refractivity contribution is 6.30. The second-order valence-corrected chi connectivity index (χ2v) is 4.02. The number of rotatable bonds is 3. The second-order valence-electron chi connectivity index (χ2n) is 3.58. The van der Waals surface area contributed by atoms with Gasteiger partial charge >= 0.3 is 0 Å². The molecule has 0 fully saturated rings. The zero-order valence-corrected chi connectivity index (χ0v) is 10.1. The van der Waals surface area contributed by atoms with E-state index >= 15 is 0 Å². The topological polar surface area (TPSA) is 58.0 Å². The monoisotopic (exact) mass is 249 g/mol. The highest BCUT2D eigenvalue weighted by atomic mass is 35.5. The van der Waals surface area contributed by atoms with Crippen LogP contribution in [-0.4, -0.2) is 15.1 Å². The molecule has 2 N–H and O–H groups in total. The molecule has 17 heavy (non-hydrogen) atoms. The van der Waals surface area contributed by atoms with E-state index in [-0.39, 0.29) is 6.61 Å². The summed E-state index contributed by atoms with van der Waals surface area (Å²) in [6, 6.07) is 7.31. The summed E-state index contributed by atoms with van der Waals surface area (Å²) in [5, 5.41) is 13.0. The Labute approximate surface area is 104 Å². The molecular weight excluding hydrogens is 238 g/mol. The minimum Gasteiger partial charge on any atom is -0.391 e. The molecule has 1 aromatic heterocycles. The molecule has 1 heterocycles. The van der Waals surface area contributed by atoms with Crippen molar-refractivity contribution in [3.63, 3.8) is 0 Å². The maximum Gasteiger partial charge on any atom is 0.139 e. The van der Waals surface area contributed by atoms with Gasteiger partial charge in [-0.25, -0.2) is 9.97 Å². The lowest BCUT2D eigenvalue weighted by Crippen LogP contribution is -2.02. The summed E-state index contributed by atoms with van der Waals surface area (Å²) in [4.78, 5) is 8.28. The van der Waals surface area contributed by atoms with Crippen molar-refractivity contribution in [3.05, 3.63) is 46.9 Å². The van der Waals surface area contributed by atoms with Crippen molar-refractivity contribution in [1.82, 2.24) is 9.97 Å². The number of aliphatic hydroxyl groups is 1. The Kier molecular flexibility index (Phi) is 3.56. The Morgan fingerprint density at radius 1 is 1.41 bits per heavy atom. The summed E-state index contributed by atoms with van der Waals surface area (Å²) in [5.74, 6) is 1.24. The molecule has 2 rings (SSSR count). The van der Waals surface area contributed by atoms with E-state index in [1.807, 2.05) is 12.1 Å². The zero-order valence-electron chi connectivity index (χ0n) is 9.31. The molecule has 0 bridgehead atoms. The van der Waals surface area contributed by atoms with Gasteiger partial charge in [-0.15, -0.1) is 0 Å². The van der Waals surface area contributed by atoms with Gasteiger partial charge in [0, 0.05) is 22.5 Å². The molecule has 0 atom stereocenters. The fourth-order valence-electron chi connectivity index (χ4n) is 1.42. The first-order chi connectivity index (χ1) is 8.19. The van der Waals surface area contributed by atoms with Crippen molar-refractivity contribution in [2.45, 2.75) is 13.5 Å². The summed E-state index contributed by atoms with van der Waals surface area (Å²) >= 11 is 5.89. The number of nitrogens with one attached hydrogen (secondary N) is 1. The number of hydrogen-bond acceptors (Lipinski definition) is 4. The van der Waals surface area contributed by atoms with Crippen LogP contribution < -0.4 is 5.32 Å². The van der Waals surface area contributed by atoms with Crippen LogP contribution in [0.2, 0.25) is 5.02 Å². The molecule has 0 aliphatic carbocycles. The number of aliphatic hydroxyl groups excluding tert-OH is 1. The van der Waals surface area contributed by atoms with Gasteiger partial charge in [0.05, 0.1) is 6.61 Å². The predicted octanol–water partition coefficient (Wildman–Crippen LogP) is 2.67. The third-order valence-electron chi connectivity index (χ3n) is 2.24. The molecule has 0 amide bonds. The number of nitrogens with zero attached hydrogens (tertiary/aromatic N) is 2. The summed E-state index contributed by atoms with van der Waals surface area (Å²) in [6.45, 7) is 1.69. The van der Waals surface area contributed by atoms with E-state index in [2.05, 4.69) is 15.3 Å². The van der Waals surface area contributed by atoms with E-state index in [0.29, 0.717) is 22.2 Å². The van der Waals surface area contributed by atoms with Crippen LogP contribution in [0.5, 0.6) is 0 Å². The average molecular weight is 250 g/mol. The highest BCUT2D eigenvalue weighted by Gasteiger charge is 2.05. The Morgan fingerprint density at radius 2 is 2.24 bits per heavy atom. The van der Waals surface area contributed by atoms with Crippen molar-refractivity contribution < 1.29 is 5.11 Å². The molecule has 0 saturated heterocycles. The molecule has 0 radical (unpaired) electrons. The van der Waals surface area contributed by atoms with E-state index in [0.717, 1.165) is 5.69 Å². The van der Waals surface area contributed by atoms with Crippen LogP contribution in [0.25, 0.3) is 0 Å². The number of aromatic nitrogens is 2. The zero-order chi connectivity index (χ0) is 12.3. The number of aryl methyl sites for hydroxylation is 1. The number of benzene rings is 1. The van der Waals surface area contributed by atoms with Gasteiger partial charge in [0.25, 0.3) is 0 Å². The van der Waals surface area contributed by atoms with Gasteiger partial charge in [0.1, 0.15) is 11.6 Å². The summed E-state index contributed by atoms with van der Waals surface area (Å²) in [6.07, 6.45) is 1.61. The predicted molar refractivity (Wildman–Crippen MR) is 67.4 cm³/mol. The van der Waals surface area contributed by atoms with Crippen LogP contribution >= 0.6 is 11.6 Å². The summed E-state index contributed by atoms with van der Waals surface area (Å²) < 4.78 is 0. The highest BCUT2D eigenvalue weighted by Crippen LogP contribution is 2.21. The van der Waals surface area contributed by atoms with Crippen LogP contribution in [0.3, 0.4) is 0 Å². The lowest BCUT2D eigenvalue weighted by molar-refractivity contribution is 0.281. The Morgan fingerprint density at radius 3 is 2.94 bits per heavy atom. The van der Waals surface area contributed by atoms with E-state index < -0.39 is 0 Å². The van der Waals surface area contributed by atoms with E-state index in [1.165, 1.54) is 0 Å². The first kappa shape index (κ1) is 11.8. The maximum absolute atomic E-state index is 9.20. The Balaban J connectivity index is 2.32. The Bertz CT molecular complexity index is 531. The molecule has 0 saturated carbocycles. The van der Waals surface area contributed by atoms with Gasteiger partial charge in [-0.05, 0) is 25.1 Å². The molecular formula is C12H12ClN3O. The van der Waals surface area contributed by atoms with Gasteiger partial charge in [0.15, 0.2) is 0 Å². The fraction of sp³-hybridized carbons (Fsp3) is 0.167. The van der Waals surface area contributed by atoms with Gasteiger partial charge in [-0.3, -0.25) is 0 Å². The van der Waals surface area contributed by atoms with Crippen molar-refractivity contribution in [2.24, 2.45) is 0 Å². The largest absolute Gasteiger partial charge is 0.391 e. The maximum atomic E-state index is 9.20. The molecule has 88 valence electrons. The van der Waals surface area contributed by atoms with Gasteiger partial charge in [-0.1, -0.05) is 17.7 Å². The molecule has 0 aliphatic rings. The molecule has 0 unspecified atom stereocenters. The molecule has 2 aromatic rings. The van der Waals surface area contributed by atoms with Crippen molar-refractivity contribution in [1.29, 1.82) is 0 Å². The minimum atomic E-state index is -0.108. The summed E-state index contributed by atoms with van der Waals surface area (Å²) in [5.41, 5.74) is 1.47. The number of halogens is 1.